The minimum Gasteiger partial charge on any atom is -0.485 e. The van der Waals surface area contributed by atoms with E-state index in [1.807, 2.05) is 12.1 Å². The van der Waals surface area contributed by atoms with Crippen LogP contribution in [0.5, 0.6) is 5.75 Å². The number of hydrogen-bond acceptors (Lipinski definition) is 7. The van der Waals surface area contributed by atoms with Crippen molar-refractivity contribution in [3.8, 4) is 11.4 Å². The molecule has 0 saturated heterocycles. The lowest BCUT2D eigenvalue weighted by atomic mass is 10.1. The predicted octanol–water partition coefficient (Wildman–Crippen LogP) is 1.64. The van der Waals surface area contributed by atoms with Gasteiger partial charge in [-0.3, -0.25) is 4.79 Å². The van der Waals surface area contributed by atoms with Crippen LogP contribution in [0.25, 0.3) is 16.9 Å². The molecule has 1 aliphatic heterocycles. The van der Waals surface area contributed by atoms with Gasteiger partial charge in [-0.2, -0.15) is 5.10 Å². The molecule has 4 aromatic rings. The first-order valence-corrected chi connectivity index (χ1v) is 9.23. The number of nitrogens with one attached hydrogen (secondary N) is 2. The molecule has 1 aliphatic rings. The van der Waals surface area contributed by atoms with Gasteiger partial charge >= 0.3 is 0 Å². The van der Waals surface area contributed by atoms with E-state index in [1.165, 1.54) is 0 Å². The van der Waals surface area contributed by atoms with Crippen molar-refractivity contribution >= 4 is 34.5 Å². The molecule has 0 saturated carbocycles. The number of nitrogen functional groups attached to an aromatic ring is 1. The number of rotatable bonds is 4. The Morgan fingerprint density at radius 3 is 3.07 bits per heavy atom. The predicted molar refractivity (Wildman–Crippen MR) is 105 cm³/mol. The summed E-state index contributed by atoms with van der Waals surface area (Å²) >= 11 is 6.12. The fraction of sp³-hybridized carbons (Fsp3) is 0.167. The molecule has 0 bridgehead atoms. The molecule has 3 aromatic heterocycles. The molecule has 4 N–H and O–H groups in total. The molecule has 0 fully saturated rings. The van der Waals surface area contributed by atoms with Gasteiger partial charge in [0.25, 0.3) is 5.91 Å². The average Bonchev–Trinajstić information content (AvgIpc) is 3.31. The summed E-state index contributed by atoms with van der Waals surface area (Å²) in [5.41, 5.74) is 9.41. The van der Waals surface area contributed by atoms with Crippen LogP contribution in [-0.2, 0) is 13.0 Å². The van der Waals surface area contributed by atoms with Crippen LogP contribution in [0.15, 0.2) is 30.3 Å². The van der Waals surface area contributed by atoms with Gasteiger partial charge in [-0.05, 0) is 24.6 Å². The maximum absolute atomic E-state index is 12.5. The van der Waals surface area contributed by atoms with E-state index in [1.54, 1.807) is 22.9 Å². The Balaban J connectivity index is 1.54. The second kappa shape index (κ2) is 6.74. The van der Waals surface area contributed by atoms with Crippen molar-refractivity contribution in [3.63, 3.8) is 0 Å². The Kier molecular flexibility index (Phi) is 4.06. The Hall–Kier alpha value is -3.66. The highest BCUT2D eigenvalue weighted by Gasteiger charge is 2.28. The highest BCUT2D eigenvalue weighted by Crippen LogP contribution is 2.27. The van der Waals surface area contributed by atoms with Crippen LogP contribution < -0.4 is 15.8 Å². The van der Waals surface area contributed by atoms with Crippen molar-refractivity contribution < 1.29 is 9.53 Å². The minimum absolute atomic E-state index is 0.134. The van der Waals surface area contributed by atoms with Gasteiger partial charge in [-0.1, -0.05) is 22.9 Å². The van der Waals surface area contributed by atoms with E-state index >= 15 is 0 Å². The number of anilines is 1. The SMILES string of the molecule is Nc1cc(OCc2nn(-c3cccc(Cl)c3)c3c2CCNC3=O)c2nn[nH]c2n1. The maximum atomic E-state index is 12.5. The van der Waals surface area contributed by atoms with Crippen molar-refractivity contribution in [1.29, 1.82) is 0 Å². The zero-order valence-corrected chi connectivity index (χ0v) is 15.8. The van der Waals surface area contributed by atoms with Crippen LogP contribution in [0.3, 0.4) is 0 Å². The molecule has 1 amide bonds. The van der Waals surface area contributed by atoms with Crippen LogP contribution >= 0.6 is 11.6 Å². The standard InChI is InChI=1S/C18H15ClN8O2/c19-9-2-1-3-10(6-9)27-16-11(4-5-21-18(16)28)12(25-27)8-29-13-7-14(20)22-17-15(13)23-26-24-17/h1-3,6-7H,4-5,8H2,(H,21,28)(H3,20,22,23,24,26). The van der Waals surface area contributed by atoms with E-state index in [0.717, 1.165) is 5.56 Å². The lowest BCUT2D eigenvalue weighted by Gasteiger charge is -2.15. The number of nitrogens with two attached hydrogens (primary N) is 1. The van der Waals surface area contributed by atoms with Crippen LogP contribution in [0.4, 0.5) is 5.82 Å². The largest absolute Gasteiger partial charge is 0.485 e. The summed E-state index contributed by atoms with van der Waals surface area (Å²) in [6.07, 6.45) is 0.651. The van der Waals surface area contributed by atoms with Crippen LogP contribution in [0.2, 0.25) is 5.02 Å². The van der Waals surface area contributed by atoms with Gasteiger partial charge in [0.15, 0.2) is 16.9 Å². The highest BCUT2D eigenvalue weighted by molar-refractivity contribution is 6.30. The first-order chi connectivity index (χ1) is 14.1. The molecule has 0 spiro atoms. The third-order valence-electron chi connectivity index (χ3n) is 4.64. The number of nitrogens with zero attached hydrogens (tertiary/aromatic N) is 5. The zero-order chi connectivity index (χ0) is 20.0. The first-order valence-electron chi connectivity index (χ1n) is 8.85. The molecule has 5 rings (SSSR count). The Bertz CT molecular complexity index is 1250. The quantitative estimate of drug-likeness (QED) is 0.465. The molecule has 146 valence electrons. The van der Waals surface area contributed by atoms with E-state index in [2.05, 4.69) is 30.8 Å². The van der Waals surface area contributed by atoms with Gasteiger partial charge in [0, 0.05) is 23.2 Å². The summed E-state index contributed by atoms with van der Waals surface area (Å²) < 4.78 is 7.54. The van der Waals surface area contributed by atoms with Gasteiger partial charge in [-0.15, -0.1) is 5.10 Å². The van der Waals surface area contributed by atoms with Gasteiger partial charge in [-0.25, -0.2) is 14.8 Å². The fourth-order valence-electron chi connectivity index (χ4n) is 3.37. The van der Waals surface area contributed by atoms with Gasteiger partial charge in [0.05, 0.1) is 5.69 Å². The van der Waals surface area contributed by atoms with Crippen molar-refractivity contribution in [2.75, 3.05) is 12.3 Å². The third-order valence-corrected chi connectivity index (χ3v) is 4.88. The average molecular weight is 411 g/mol. The second-order valence-corrected chi connectivity index (χ2v) is 6.95. The number of ether oxygens (including phenoxy) is 1. The summed E-state index contributed by atoms with van der Waals surface area (Å²) in [6.45, 7) is 0.671. The second-order valence-electron chi connectivity index (χ2n) is 6.51. The van der Waals surface area contributed by atoms with Crippen molar-refractivity contribution in [2.24, 2.45) is 0 Å². The number of amides is 1. The highest BCUT2D eigenvalue weighted by atomic mass is 35.5. The molecule has 11 heteroatoms. The van der Waals surface area contributed by atoms with Gasteiger partial charge < -0.3 is 15.8 Å². The number of aromatic amines is 1. The van der Waals surface area contributed by atoms with Crippen molar-refractivity contribution in [1.82, 2.24) is 35.5 Å². The van der Waals surface area contributed by atoms with Crippen molar-refractivity contribution in [2.45, 2.75) is 13.0 Å². The molecular weight excluding hydrogens is 396 g/mol. The number of halogens is 1. The number of carbonyl (C=O) groups is 1. The molecule has 10 nitrogen and oxygen atoms in total. The number of fused-ring (bicyclic) bond motifs is 2. The number of hydrogen-bond donors (Lipinski definition) is 3. The van der Waals surface area contributed by atoms with Gasteiger partial charge in [0.1, 0.15) is 23.8 Å². The van der Waals surface area contributed by atoms with Crippen LogP contribution in [0, 0.1) is 0 Å². The lowest BCUT2D eigenvalue weighted by Crippen LogP contribution is -2.33. The number of benzene rings is 1. The summed E-state index contributed by atoms with van der Waals surface area (Å²) in [6, 6.07) is 8.75. The number of H-pyrrole nitrogens is 1. The Morgan fingerprint density at radius 2 is 2.21 bits per heavy atom. The van der Waals surface area contributed by atoms with E-state index in [0.29, 0.717) is 52.0 Å². The number of pyridine rings is 1. The normalized spacial score (nSPS) is 13.3. The minimum atomic E-state index is -0.183. The Labute approximate surface area is 169 Å². The molecule has 0 unspecified atom stereocenters. The summed E-state index contributed by atoms with van der Waals surface area (Å²) in [5, 5.41) is 18.4. The summed E-state index contributed by atoms with van der Waals surface area (Å²) in [7, 11) is 0. The first kappa shape index (κ1) is 17.4. The van der Waals surface area contributed by atoms with E-state index in [-0.39, 0.29) is 18.3 Å². The smallest absolute Gasteiger partial charge is 0.270 e. The topological polar surface area (TPSA) is 137 Å². The molecule has 0 aliphatic carbocycles. The summed E-state index contributed by atoms with van der Waals surface area (Å²) in [5.74, 6) is 0.536. The molecule has 4 heterocycles. The van der Waals surface area contributed by atoms with E-state index in [9.17, 15) is 4.79 Å². The van der Waals surface area contributed by atoms with Crippen LogP contribution in [-0.4, -0.2) is 42.6 Å². The fourth-order valence-corrected chi connectivity index (χ4v) is 3.56. The molecule has 0 atom stereocenters. The summed E-state index contributed by atoms with van der Waals surface area (Å²) in [4.78, 5) is 16.7. The maximum Gasteiger partial charge on any atom is 0.270 e. The molecule has 0 radical (unpaired) electrons. The third kappa shape index (κ3) is 3.03. The number of carbonyl (C=O) groups excluding carboxylic acids is 1. The molecular formula is C18H15ClN8O2. The molecule has 1 aromatic carbocycles. The monoisotopic (exact) mass is 410 g/mol. The number of aromatic nitrogens is 6. The lowest BCUT2D eigenvalue weighted by molar-refractivity contribution is 0.0938. The van der Waals surface area contributed by atoms with Crippen LogP contribution in [0.1, 0.15) is 21.7 Å². The van der Waals surface area contributed by atoms with E-state index in [4.69, 9.17) is 22.1 Å². The Morgan fingerprint density at radius 1 is 1.31 bits per heavy atom. The zero-order valence-electron chi connectivity index (χ0n) is 15.0. The van der Waals surface area contributed by atoms with E-state index < -0.39 is 0 Å². The molecule has 29 heavy (non-hydrogen) atoms. The van der Waals surface area contributed by atoms with Gasteiger partial charge in [0.2, 0.25) is 0 Å². The van der Waals surface area contributed by atoms with Crippen molar-refractivity contribution in [3.05, 3.63) is 52.3 Å².